The van der Waals surface area contributed by atoms with Gasteiger partial charge in [0.05, 0.1) is 6.61 Å². The molecule has 0 amide bonds. The van der Waals surface area contributed by atoms with Crippen molar-refractivity contribution in [2.45, 2.75) is 79.2 Å². The second-order valence-electron chi connectivity index (χ2n) is 9.70. The molecule has 0 saturated heterocycles. The lowest BCUT2D eigenvalue weighted by Gasteiger charge is -2.42. The van der Waals surface area contributed by atoms with Crippen molar-refractivity contribution in [2.75, 3.05) is 0 Å². The first-order valence-corrected chi connectivity index (χ1v) is 11.2. The van der Waals surface area contributed by atoms with Crippen LogP contribution in [0.25, 0.3) is 0 Å². The van der Waals surface area contributed by atoms with Crippen LogP contribution in [0, 0.1) is 23.2 Å². The Labute approximate surface area is 177 Å². The van der Waals surface area contributed by atoms with Gasteiger partial charge in [-0.2, -0.15) is 0 Å². The van der Waals surface area contributed by atoms with E-state index in [0.717, 1.165) is 17.5 Å². The van der Waals surface area contributed by atoms with Crippen molar-refractivity contribution in [3.05, 3.63) is 59.7 Å². The summed E-state index contributed by atoms with van der Waals surface area (Å²) in [7, 11) is 0. The predicted molar refractivity (Wildman–Crippen MR) is 122 cm³/mol. The molecule has 1 aliphatic carbocycles. The normalized spacial score (nSPS) is 24.4. The highest BCUT2D eigenvalue weighted by atomic mass is 16.3. The van der Waals surface area contributed by atoms with E-state index in [-0.39, 0.29) is 12.6 Å². The molecule has 1 fully saturated rings. The van der Waals surface area contributed by atoms with Crippen LogP contribution in [0.3, 0.4) is 0 Å². The average Bonchev–Trinajstić information content (AvgIpc) is 2.69. The fourth-order valence-corrected chi connectivity index (χ4v) is 4.47. The minimum atomic E-state index is -0.709. The highest BCUT2D eigenvalue weighted by Crippen LogP contribution is 2.45. The molecule has 3 N–H and O–H groups in total. The zero-order chi connectivity index (χ0) is 21.4. The van der Waals surface area contributed by atoms with Gasteiger partial charge >= 0.3 is 0 Å². The lowest BCUT2D eigenvalue weighted by Crippen LogP contribution is -2.40. The van der Waals surface area contributed by atoms with Crippen LogP contribution < -0.4 is 5.32 Å². The second kappa shape index (κ2) is 11.1. The molecule has 0 bridgehead atoms. The molecule has 3 nitrogen and oxygen atoms in total. The van der Waals surface area contributed by atoms with Gasteiger partial charge in [0.25, 0.3) is 0 Å². The van der Waals surface area contributed by atoms with Crippen LogP contribution in [0.5, 0.6) is 0 Å². The summed E-state index contributed by atoms with van der Waals surface area (Å²) in [6, 6.07) is 7.82. The van der Waals surface area contributed by atoms with Gasteiger partial charge in [0.1, 0.15) is 6.23 Å². The Bertz CT molecular complexity index is 677. The highest BCUT2D eigenvalue weighted by Gasteiger charge is 2.36. The van der Waals surface area contributed by atoms with Crippen LogP contribution in [0.4, 0.5) is 0 Å². The van der Waals surface area contributed by atoms with Gasteiger partial charge in [0, 0.05) is 6.04 Å². The van der Waals surface area contributed by atoms with Gasteiger partial charge < -0.3 is 10.2 Å². The first-order valence-electron chi connectivity index (χ1n) is 11.2. The molecule has 0 heterocycles. The van der Waals surface area contributed by atoms with Crippen LogP contribution in [-0.2, 0) is 6.61 Å². The Morgan fingerprint density at radius 3 is 2.66 bits per heavy atom. The summed E-state index contributed by atoms with van der Waals surface area (Å²) < 4.78 is 0. The first-order chi connectivity index (χ1) is 13.8. The van der Waals surface area contributed by atoms with E-state index in [1.807, 2.05) is 24.3 Å². The summed E-state index contributed by atoms with van der Waals surface area (Å²) in [6.07, 6.45) is 12.9. The van der Waals surface area contributed by atoms with E-state index in [4.69, 9.17) is 0 Å². The van der Waals surface area contributed by atoms with Gasteiger partial charge in [0.2, 0.25) is 0 Å². The van der Waals surface area contributed by atoms with Crippen LogP contribution >= 0.6 is 0 Å². The maximum absolute atomic E-state index is 10.8. The van der Waals surface area contributed by atoms with Crippen LogP contribution in [0.1, 0.15) is 77.7 Å². The van der Waals surface area contributed by atoms with Crippen molar-refractivity contribution in [1.29, 1.82) is 0 Å². The van der Waals surface area contributed by atoms with Crippen molar-refractivity contribution in [1.82, 2.24) is 5.32 Å². The average molecular weight is 400 g/mol. The van der Waals surface area contributed by atoms with E-state index in [9.17, 15) is 10.2 Å². The highest BCUT2D eigenvalue weighted by molar-refractivity contribution is 5.24. The molecular weight excluding hydrogens is 358 g/mol. The fourth-order valence-electron chi connectivity index (χ4n) is 4.47. The van der Waals surface area contributed by atoms with E-state index < -0.39 is 6.23 Å². The summed E-state index contributed by atoms with van der Waals surface area (Å²) in [5.41, 5.74) is 1.99. The quantitative estimate of drug-likeness (QED) is 0.366. The molecule has 1 saturated carbocycles. The standard InChI is InChI=1S/C26H41NO2/c1-6-7-8-12-23-16-20(13-14-26(23,4)5)17-24(19(2)3)27-25(29)22-11-9-10-21(15-22)18-28/h6-12,15,19-20,23-25,27-29H,13-14,16-18H2,1-5H3/b7-6+,12-8+/t20?,23?,24-,25?/m0/s1. The summed E-state index contributed by atoms with van der Waals surface area (Å²) in [6.45, 7) is 11.3. The minimum absolute atomic E-state index is 0.00580. The van der Waals surface area contributed by atoms with E-state index in [1.165, 1.54) is 19.3 Å². The summed E-state index contributed by atoms with van der Waals surface area (Å²) in [5.74, 6) is 1.70. The van der Waals surface area contributed by atoms with Crippen molar-refractivity contribution in [3.63, 3.8) is 0 Å². The van der Waals surface area contributed by atoms with Gasteiger partial charge in [-0.25, -0.2) is 0 Å². The molecule has 1 aliphatic rings. The topological polar surface area (TPSA) is 52.5 Å². The maximum atomic E-state index is 10.8. The second-order valence-corrected chi connectivity index (χ2v) is 9.70. The molecule has 3 unspecified atom stereocenters. The molecule has 2 rings (SSSR count). The van der Waals surface area contributed by atoms with Crippen LogP contribution in [-0.4, -0.2) is 16.3 Å². The van der Waals surface area contributed by atoms with Crippen molar-refractivity contribution in [2.24, 2.45) is 23.2 Å². The SMILES string of the molecule is C/C=C/C=C/C1CC(C[C@H](NC(O)c2cccc(CO)c2)C(C)C)CCC1(C)C. The monoisotopic (exact) mass is 399 g/mol. The molecule has 1 aromatic carbocycles. The van der Waals surface area contributed by atoms with Crippen LogP contribution in [0.2, 0.25) is 0 Å². The molecule has 4 atom stereocenters. The third kappa shape index (κ3) is 7.09. The van der Waals surface area contributed by atoms with Crippen molar-refractivity contribution >= 4 is 0 Å². The Morgan fingerprint density at radius 1 is 1.24 bits per heavy atom. The Morgan fingerprint density at radius 2 is 2.00 bits per heavy atom. The third-order valence-corrected chi connectivity index (χ3v) is 6.65. The largest absolute Gasteiger partial charge is 0.392 e. The number of aliphatic hydroxyl groups is 2. The van der Waals surface area contributed by atoms with Crippen molar-refractivity contribution in [3.8, 4) is 0 Å². The van der Waals surface area contributed by atoms with Gasteiger partial charge in [-0.05, 0) is 73.0 Å². The molecule has 3 heteroatoms. The zero-order valence-corrected chi connectivity index (χ0v) is 18.9. The van der Waals surface area contributed by atoms with E-state index in [2.05, 4.69) is 64.2 Å². The van der Waals surface area contributed by atoms with Gasteiger partial charge in [-0.1, -0.05) is 70.2 Å². The molecule has 0 aromatic heterocycles. The van der Waals surface area contributed by atoms with E-state index >= 15 is 0 Å². The summed E-state index contributed by atoms with van der Waals surface area (Å²) >= 11 is 0. The molecule has 1 aromatic rings. The zero-order valence-electron chi connectivity index (χ0n) is 18.9. The lowest BCUT2D eigenvalue weighted by atomic mass is 9.64. The fraction of sp³-hybridized carbons (Fsp3) is 0.615. The van der Waals surface area contributed by atoms with E-state index in [1.54, 1.807) is 0 Å². The number of rotatable bonds is 9. The number of aliphatic hydroxyl groups excluding tert-OH is 2. The Hall–Kier alpha value is -1.42. The van der Waals surface area contributed by atoms with Gasteiger partial charge in [0.15, 0.2) is 0 Å². The summed E-state index contributed by atoms with van der Waals surface area (Å²) in [4.78, 5) is 0. The number of allylic oxidation sites excluding steroid dienone is 4. The number of hydrogen-bond acceptors (Lipinski definition) is 3. The van der Waals surface area contributed by atoms with E-state index in [0.29, 0.717) is 23.2 Å². The van der Waals surface area contributed by atoms with Gasteiger partial charge in [-0.15, -0.1) is 0 Å². The molecule has 162 valence electrons. The Balaban J connectivity index is 2.03. The molecular formula is C26H41NO2. The molecule has 0 spiro atoms. The number of benzene rings is 1. The minimum Gasteiger partial charge on any atom is -0.392 e. The first kappa shape index (κ1) is 23.9. The van der Waals surface area contributed by atoms with Crippen LogP contribution in [0.15, 0.2) is 48.6 Å². The summed E-state index contributed by atoms with van der Waals surface area (Å²) in [5, 5.41) is 23.6. The smallest absolute Gasteiger partial charge is 0.131 e. The predicted octanol–water partition coefficient (Wildman–Crippen LogP) is 5.75. The molecule has 29 heavy (non-hydrogen) atoms. The molecule has 0 aliphatic heterocycles. The third-order valence-electron chi connectivity index (χ3n) is 6.65. The molecule has 0 radical (unpaired) electrons. The lowest BCUT2D eigenvalue weighted by molar-refractivity contribution is 0.0840. The number of hydrogen-bond donors (Lipinski definition) is 3. The Kier molecular flexibility index (Phi) is 9.13. The van der Waals surface area contributed by atoms with Gasteiger partial charge in [-0.3, -0.25) is 5.32 Å². The maximum Gasteiger partial charge on any atom is 0.131 e. The number of nitrogens with one attached hydrogen (secondary N) is 1. The van der Waals surface area contributed by atoms with Crippen molar-refractivity contribution < 1.29 is 10.2 Å².